The van der Waals surface area contributed by atoms with E-state index in [4.69, 9.17) is 13.9 Å². The summed E-state index contributed by atoms with van der Waals surface area (Å²) in [4.78, 5) is 12.9. The fourth-order valence-corrected chi connectivity index (χ4v) is 3.90. The van der Waals surface area contributed by atoms with Crippen LogP contribution >= 0.6 is 0 Å². The summed E-state index contributed by atoms with van der Waals surface area (Å²) in [5, 5.41) is 70.0. The van der Waals surface area contributed by atoms with Crippen LogP contribution < -0.4 is 10.2 Å². The van der Waals surface area contributed by atoms with E-state index in [1.165, 1.54) is 31.4 Å². The van der Waals surface area contributed by atoms with Crippen LogP contribution in [0.15, 0.2) is 39.5 Å². The van der Waals surface area contributed by atoms with E-state index < -0.39 is 54.1 Å². The molecular weight excluding hydrogens is 440 g/mol. The lowest BCUT2D eigenvalue weighted by Crippen LogP contribution is -2.55. The number of aliphatic hydroxyl groups is 4. The number of phenolic OH excluding ortho intramolecular Hbond substituents is 3. The largest absolute Gasteiger partial charge is 0.506 e. The molecule has 33 heavy (non-hydrogen) atoms. The molecule has 0 saturated carbocycles. The molecule has 0 bridgehead atoms. The van der Waals surface area contributed by atoms with Gasteiger partial charge in [0.25, 0.3) is 0 Å². The number of rotatable bonds is 4. The van der Waals surface area contributed by atoms with Gasteiger partial charge in [0.15, 0.2) is 16.9 Å². The number of fused-ring (bicyclic) bond motifs is 1. The molecule has 0 unspecified atom stereocenters. The first-order valence-corrected chi connectivity index (χ1v) is 9.88. The van der Waals surface area contributed by atoms with Crippen molar-refractivity contribution in [3.63, 3.8) is 0 Å². The van der Waals surface area contributed by atoms with Crippen LogP contribution in [-0.2, 0) is 4.74 Å². The minimum atomic E-state index is -1.72. The van der Waals surface area contributed by atoms with Crippen LogP contribution in [0.25, 0.3) is 22.3 Å². The zero-order valence-corrected chi connectivity index (χ0v) is 17.2. The molecule has 1 fully saturated rings. The highest BCUT2D eigenvalue weighted by Crippen LogP contribution is 2.45. The molecule has 0 amide bonds. The molecule has 2 heterocycles. The second-order valence-corrected chi connectivity index (χ2v) is 7.64. The fourth-order valence-electron chi connectivity index (χ4n) is 3.90. The van der Waals surface area contributed by atoms with Gasteiger partial charge in [-0.1, -0.05) is 0 Å². The van der Waals surface area contributed by atoms with E-state index in [0.29, 0.717) is 0 Å². The van der Waals surface area contributed by atoms with Crippen LogP contribution in [-0.4, -0.2) is 73.9 Å². The molecule has 0 aliphatic carbocycles. The zero-order valence-electron chi connectivity index (χ0n) is 17.2. The Morgan fingerprint density at radius 2 is 1.70 bits per heavy atom. The van der Waals surface area contributed by atoms with Crippen molar-refractivity contribution in [2.24, 2.45) is 0 Å². The number of aromatic hydroxyl groups is 3. The van der Waals surface area contributed by atoms with Gasteiger partial charge < -0.3 is 49.6 Å². The smallest absolute Gasteiger partial charge is 0.197 e. The number of methoxy groups -OCH3 is 1. The summed E-state index contributed by atoms with van der Waals surface area (Å²) in [5.74, 6) is -1.44. The van der Waals surface area contributed by atoms with E-state index >= 15 is 0 Å². The van der Waals surface area contributed by atoms with Gasteiger partial charge in [-0.2, -0.15) is 0 Å². The van der Waals surface area contributed by atoms with Gasteiger partial charge in [0.2, 0.25) is 0 Å². The lowest BCUT2D eigenvalue weighted by atomic mass is 9.89. The summed E-state index contributed by atoms with van der Waals surface area (Å²) in [6, 6.07) is 6.17. The summed E-state index contributed by atoms with van der Waals surface area (Å²) in [6.45, 7) is -0.678. The highest BCUT2D eigenvalue weighted by molar-refractivity contribution is 5.88. The molecule has 2 aromatic carbocycles. The molecule has 4 rings (SSSR count). The van der Waals surface area contributed by atoms with Gasteiger partial charge in [-0.15, -0.1) is 0 Å². The predicted octanol–water partition coefficient (Wildman–Crippen LogP) is 0.100. The minimum absolute atomic E-state index is 0.0323. The monoisotopic (exact) mass is 462 g/mol. The standard InChI is InChI=1S/C22H22O11/c1-31-13-6-14-16(11(26)5-12(32-14)8-2-3-9(24)10(25)4-8)19(28)17(13)22-21(30)20(29)18(27)15(7-23)33-22/h2-6,15,18,20-25,27-30H,7H2,1H3/t15-,18+,20+,21-,22+/m0/s1. The van der Waals surface area contributed by atoms with E-state index in [0.717, 1.165) is 6.07 Å². The molecule has 5 atom stereocenters. The van der Waals surface area contributed by atoms with E-state index in [1.807, 2.05) is 0 Å². The zero-order chi connectivity index (χ0) is 24.0. The van der Waals surface area contributed by atoms with Crippen molar-refractivity contribution in [2.45, 2.75) is 30.5 Å². The van der Waals surface area contributed by atoms with Crippen molar-refractivity contribution in [2.75, 3.05) is 13.7 Å². The quantitative estimate of drug-likeness (QED) is 0.260. The second kappa shape index (κ2) is 8.54. The van der Waals surface area contributed by atoms with Gasteiger partial charge in [0, 0.05) is 17.7 Å². The first-order valence-electron chi connectivity index (χ1n) is 9.88. The van der Waals surface area contributed by atoms with Crippen molar-refractivity contribution >= 4 is 11.0 Å². The topological polar surface area (TPSA) is 190 Å². The van der Waals surface area contributed by atoms with Gasteiger partial charge in [-0.3, -0.25) is 4.79 Å². The SMILES string of the molecule is COc1cc2oc(-c3ccc(O)c(O)c3)cc(=O)c2c(O)c1[C@H]1O[C@@H](CO)[C@@H](O)[C@@H](O)[C@@H]1O. The van der Waals surface area contributed by atoms with Crippen molar-refractivity contribution in [3.8, 4) is 34.3 Å². The molecule has 3 aromatic rings. The Hall–Kier alpha value is -3.35. The molecule has 11 heteroatoms. The summed E-state index contributed by atoms with van der Waals surface area (Å²) in [6.07, 6.45) is -7.72. The maximum absolute atomic E-state index is 12.9. The third-order valence-electron chi connectivity index (χ3n) is 5.65. The summed E-state index contributed by atoms with van der Waals surface area (Å²) < 4.78 is 16.5. The molecule has 1 aromatic heterocycles. The molecule has 7 N–H and O–H groups in total. The van der Waals surface area contributed by atoms with Crippen molar-refractivity contribution < 1.29 is 49.6 Å². The van der Waals surface area contributed by atoms with E-state index in [9.17, 15) is 40.5 Å². The van der Waals surface area contributed by atoms with E-state index in [1.54, 1.807) is 0 Å². The lowest BCUT2D eigenvalue weighted by Gasteiger charge is -2.40. The maximum atomic E-state index is 12.9. The highest BCUT2D eigenvalue weighted by atomic mass is 16.5. The summed E-state index contributed by atoms with van der Waals surface area (Å²) in [7, 11) is 1.26. The highest BCUT2D eigenvalue weighted by Gasteiger charge is 2.46. The Bertz CT molecular complexity index is 1250. The first-order chi connectivity index (χ1) is 15.7. The molecular formula is C22H22O11. The number of hydrogen-bond acceptors (Lipinski definition) is 11. The minimum Gasteiger partial charge on any atom is -0.506 e. The van der Waals surface area contributed by atoms with Crippen LogP contribution in [0.3, 0.4) is 0 Å². The Kier molecular flexibility index (Phi) is 5.91. The molecule has 1 aliphatic heterocycles. The van der Waals surface area contributed by atoms with Gasteiger partial charge in [-0.25, -0.2) is 0 Å². The average Bonchev–Trinajstić information content (AvgIpc) is 2.79. The number of phenols is 3. The molecule has 0 radical (unpaired) electrons. The van der Waals surface area contributed by atoms with Crippen LogP contribution in [0, 0.1) is 0 Å². The Balaban J connectivity index is 1.89. The maximum Gasteiger partial charge on any atom is 0.197 e. The van der Waals surface area contributed by atoms with E-state index in [2.05, 4.69) is 0 Å². The molecule has 1 saturated heterocycles. The Labute approximate surface area is 185 Å². The molecule has 11 nitrogen and oxygen atoms in total. The normalized spacial score (nSPS) is 25.3. The first kappa shape index (κ1) is 22.8. The number of aliphatic hydroxyl groups excluding tert-OH is 4. The lowest BCUT2D eigenvalue weighted by molar-refractivity contribution is -0.232. The van der Waals surface area contributed by atoms with Crippen LogP contribution in [0.2, 0.25) is 0 Å². The van der Waals surface area contributed by atoms with Crippen LogP contribution in [0.4, 0.5) is 0 Å². The van der Waals surface area contributed by atoms with Gasteiger partial charge in [0.05, 0.1) is 19.3 Å². The third kappa shape index (κ3) is 3.75. The Morgan fingerprint density at radius 1 is 0.970 bits per heavy atom. The van der Waals surface area contributed by atoms with Crippen molar-refractivity contribution in [3.05, 3.63) is 46.1 Å². The van der Waals surface area contributed by atoms with Gasteiger partial charge >= 0.3 is 0 Å². The van der Waals surface area contributed by atoms with Gasteiger partial charge in [0.1, 0.15) is 58.7 Å². The van der Waals surface area contributed by atoms with E-state index in [-0.39, 0.29) is 39.4 Å². The van der Waals surface area contributed by atoms with Crippen LogP contribution in [0.1, 0.15) is 11.7 Å². The fraction of sp³-hybridized carbons (Fsp3) is 0.318. The average molecular weight is 462 g/mol. The number of hydrogen-bond donors (Lipinski definition) is 7. The number of benzene rings is 2. The van der Waals surface area contributed by atoms with Crippen LogP contribution in [0.5, 0.6) is 23.0 Å². The third-order valence-corrected chi connectivity index (χ3v) is 5.65. The Morgan fingerprint density at radius 3 is 2.33 bits per heavy atom. The predicted molar refractivity (Wildman–Crippen MR) is 112 cm³/mol. The number of ether oxygens (including phenoxy) is 2. The van der Waals surface area contributed by atoms with Crippen molar-refractivity contribution in [1.29, 1.82) is 0 Å². The second-order valence-electron chi connectivity index (χ2n) is 7.64. The molecule has 1 aliphatic rings. The summed E-state index contributed by atoms with van der Waals surface area (Å²) >= 11 is 0. The summed E-state index contributed by atoms with van der Waals surface area (Å²) in [5.41, 5.74) is -0.664. The van der Waals surface area contributed by atoms with Gasteiger partial charge in [-0.05, 0) is 18.2 Å². The van der Waals surface area contributed by atoms with Crippen molar-refractivity contribution in [1.82, 2.24) is 0 Å². The molecule has 176 valence electrons. The molecule has 0 spiro atoms.